The highest BCUT2D eigenvalue weighted by Gasteiger charge is 2.63. The number of hydrogen-bond donors (Lipinski definition) is 6. The van der Waals surface area contributed by atoms with Gasteiger partial charge in [0.25, 0.3) is 0 Å². The van der Waals surface area contributed by atoms with Crippen molar-refractivity contribution in [2.45, 2.75) is 136 Å². The van der Waals surface area contributed by atoms with Gasteiger partial charge in [0.2, 0.25) is 0 Å². The lowest BCUT2D eigenvalue weighted by molar-refractivity contribution is -0.167. The molecule has 11 atom stereocenters. The van der Waals surface area contributed by atoms with Crippen LogP contribution in [0.4, 0.5) is 0 Å². The van der Waals surface area contributed by atoms with E-state index < -0.39 is 22.6 Å². The normalized spacial score (nSPS) is 38.8. The van der Waals surface area contributed by atoms with Crippen molar-refractivity contribution in [2.24, 2.45) is 58.0 Å². The molecule has 0 aromatic heterocycles. The molecule has 0 radical (unpaired) electrons. The van der Waals surface area contributed by atoms with Gasteiger partial charge in [-0.15, -0.1) is 0 Å². The SMILES string of the molecule is CC(C)[C@](CO)(CC[C@@H](C)[C@H]1CCC2C3C(CC[C@@]21C)[C@@]1(C)CC[C@H](NCCCNCCCCN)C[C@H]1C[C@H]3O)OS(=O)(=O)O. The van der Waals surface area contributed by atoms with Crippen LogP contribution in [-0.4, -0.2) is 73.7 Å². The predicted molar refractivity (Wildman–Crippen MR) is 180 cm³/mol. The lowest BCUT2D eigenvalue weighted by Gasteiger charge is -2.62. The molecule has 0 saturated heterocycles. The predicted octanol–water partition coefficient (Wildman–Crippen LogP) is 4.92. The van der Waals surface area contributed by atoms with Crippen LogP contribution in [0.15, 0.2) is 0 Å². The van der Waals surface area contributed by atoms with E-state index in [1.165, 1.54) is 32.1 Å². The Morgan fingerprint density at radius 2 is 1.64 bits per heavy atom. The van der Waals surface area contributed by atoms with Crippen LogP contribution >= 0.6 is 0 Å². The van der Waals surface area contributed by atoms with Crippen LogP contribution in [0.2, 0.25) is 0 Å². The molecule has 264 valence electrons. The van der Waals surface area contributed by atoms with Crippen LogP contribution in [-0.2, 0) is 14.6 Å². The highest BCUT2D eigenvalue weighted by molar-refractivity contribution is 7.80. The highest BCUT2D eigenvalue weighted by atomic mass is 32.3. The van der Waals surface area contributed by atoms with Gasteiger partial charge >= 0.3 is 10.4 Å². The van der Waals surface area contributed by atoms with Crippen molar-refractivity contribution >= 4 is 10.4 Å². The van der Waals surface area contributed by atoms with Crippen molar-refractivity contribution in [3.05, 3.63) is 0 Å². The van der Waals surface area contributed by atoms with E-state index in [2.05, 4.69) is 31.4 Å². The standard InChI is InChI=1S/C35H67N3O6S/c1-24(2)35(23-39,44-45(41,42)43)16-11-25(3)28-9-10-29-32-30(13-15-34(28,29)5)33(4)14-12-27(21-26(33)22-31(32)40)38-20-8-19-37-18-7-6-17-36/h24-32,37-40H,6-23,36H2,1-5H3,(H,41,42,43)/t25-,26+,27+,28-,29?,30?,31-,32?,33+,34-,35-/m1/s1. The molecule has 0 aromatic rings. The zero-order valence-electron chi connectivity index (χ0n) is 29.0. The molecule has 0 bridgehead atoms. The van der Waals surface area contributed by atoms with E-state index in [1.807, 2.05) is 13.8 Å². The first-order valence-electron chi connectivity index (χ1n) is 18.3. The zero-order chi connectivity index (χ0) is 33.0. The van der Waals surface area contributed by atoms with E-state index >= 15 is 0 Å². The average Bonchev–Trinajstić information content (AvgIpc) is 3.33. The fourth-order valence-electron chi connectivity index (χ4n) is 11.0. The van der Waals surface area contributed by atoms with Crippen molar-refractivity contribution in [2.75, 3.05) is 32.8 Å². The molecule has 4 rings (SSSR count). The van der Waals surface area contributed by atoms with Crippen LogP contribution in [0.3, 0.4) is 0 Å². The van der Waals surface area contributed by atoms with Gasteiger partial charge in [-0.2, -0.15) is 8.42 Å². The van der Waals surface area contributed by atoms with E-state index in [-0.39, 0.29) is 17.4 Å². The van der Waals surface area contributed by atoms with Crippen molar-refractivity contribution < 1.29 is 27.4 Å². The van der Waals surface area contributed by atoms with E-state index in [1.54, 1.807) is 0 Å². The summed E-state index contributed by atoms with van der Waals surface area (Å²) in [4.78, 5) is 0. The summed E-state index contributed by atoms with van der Waals surface area (Å²) in [6, 6.07) is 0.552. The number of hydrogen-bond acceptors (Lipinski definition) is 8. The van der Waals surface area contributed by atoms with Crippen molar-refractivity contribution in [1.29, 1.82) is 0 Å². The lowest BCUT2D eigenvalue weighted by atomic mass is 9.43. The number of fused-ring (bicyclic) bond motifs is 5. The molecule has 3 unspecified atom stereocenters. The van der Waals surface area contributed by atoms with Crippen molar-refractivity contribution in [1.82, 2.24) is 10.6 Å². The average molecular weight is 658 g/mol. The molecule has 0 heterocycles. The third-order valence-corrected chi connectivity index (χ3v) is 14.4. The Hall–Kier alpha value is -0.330. The van der Waals surface area contributed by atoms with E-state index in [0.717, 1.165) is 71.1 Å². The van der Waals surface area contributed by atoms with E-state index in [4.69, 9.17) is 9.92 Å². The van der Waals surface area contributed by atoms with Crippen LogP contribution in [0.25, 0.3) is 0 Å². The Bertz CT molecular complexity index is 1050. The zero-order valence-corrected chi connectivity index (χ0v) is 29.8. The molecule has 0 aliphatic heterocycles. The Balaban J connectivity index is 1.35. The van der Waals surface area contributed by atoms with E-state index in [9.17, 15) is 23.2 Å². The van der Waals surface area contributed by atoms with Crippen LogP contribution in [0.5, 0.6) is 0 Å². The molecule has 9 nitrogen and oxygen atoms in total. The van der Waals surface area contributed by atoms with Gasteiger partial charge in [-0.1, -0.05) is 34.6 Å². The minimum Gasteiger partial charge on any atom is -0.393 e. The van der Waals surface area contributed by atoms with Crippen LogP contribution in [0, 0.1) is 52.3 Å². The summed E-state index contributed by atoms with van der Waals surface area (Å²) < 4.78 is 37.9. The summed E-state index contributed by atoms with van der Waals surface area (Å²) in [7, 11) is -4.68. The number of aliphatic hydroxyl groups excluding tert-OH is 2. The molecule has 10 heteroatoms. The van der Waals surface area contributed by atoms with Gasteiger partial charge in [0, 0.05) is 6.04 Å². The Morgan fingerprint density at radius 3 is 2.31 bits per heavy atom. The first-order valence-corrected chi connectivity index (χ1v) is 19.7. The van der Waals surface area contributed by atoms with Gasteiger partial charge in [0.1, 0.15) is 5.60 Å². The number of aliphatic hydroxyl groups is 2. The largest absolute Gasteiger partial charge is 0.397 e. The number of nitrogens with one attached hydrogen (secondary N) is 2. The second-order valence-electron chi connectivity index (χ2n) is 16.5. The maximum Gasteiger partial charge on any atom is 0.397 e. The summed E-state index contributed by atoms with van der Waals surface area (Å²) in [6.45, 7) is 14.4. The number of nitrogens with two attached hydrogens (primary N) is 1. The first kappa shape index (κ1) is 37.5. The number of rotatable bonds is 17. The van der Waals surface area contributed by atoms with Gasteiger partial charge in [0.05, 0.1) is 12.7 Å². The summed E-state index contributed by atoms with van der Waals surface area (Å²) in [5.74, 6) is 2.52. The third-order valence-electron chi connectivity index (χ3n) is 13.8. The van der Waals surface area contributed by atoms with Crippen LogP contribution in [0.1, 0.15) is 118 Å². The molecule has 7 N–H and O–H groups in total. The van der Waals surface area contributed by atoms with Gasteiger partial charge in [0.15, 0.2) is 0 Å². The molecular weight excluding hydrogens is 590 g/mol. The quantitative estimate of drug-likeness (QED) is 0.0946. The second-order valence-corrected chi connectivity index (χ2v) is 17.5. The third kappa shape index (κ3) is 8.28. The van der Waals surface area contributed by atoms with Gasteiger partial charge in [-0.25, -0.2) is 4.18 Å². The molecule has 4 saturated carbocycles. The van der Waals surface area contributed by atoms with Crippen molar-refractivity contribution in [3.63, 3.8) is 0 Å². The summed E-state index contributed by atoms with van der Waals surface area (Å²) >= 11 is 0. The summed E-state index contributed by atoms with van der Waals surface area (Å²) in [5.41, 5.74) is 4.70. The van der Waals surface area contributed by atoms with Gasteiger partial charge in [-0.3, -0.25) is 4.55 Å². The summed E-state index contributed by atoms with van der Waals surface area (Å²) in [5, 5.41) is 29.4. The van der Waals surface area contributed by atoms with E-state index in [0.29, 0.717) is 53.4 Å². The van der Waals surface area contributed by atoms with Crippen LogP contribution < -0.4 is 16.4 Å². The minimum atomic E-state index is -4.68. The molecule has 0 spiro atoms. The van der Waals surface area contributed by atoms with Crippen molar-refractivity contribution in [3.8, 4) is 0 Å². The minimum absolute atomic E-state index is 0.144. The maximum absolute atomic E-state index is 11.8. The smallest absolute Gasteiger partial charge is 0.393 e. The molecule has 0 aromatic carbocycles. The molecule has 4 aliphatic rings. The molecule has 4 aliphatic carbocycles. The first-order chi connectivity index (χ1) is 21.2. The molecule has 45 heavy (non-hydrogen) atoms. The maximum atomic E-state index is 11.8. The fraction of sp³-hybridized carbons (Fsp3) is 1.00. The monoisotopic (exact) mass is 657 g/mol. The second kappa shape index (κ2) is 15.5. The molecule has 0 amide bonds. The Kier molecular flexibility index (Phi) is 12.9. The fourth-order valence-corrected chi connectivity index (χ4v) is 11.8. The lowest BCUT2D eigenvalue weighted by Crippen LogP contribution is -2.59. The summed E-state index contributed by atoms with van der Waals surface area (Å²) in [6.07, 6.45) is 13.4. The highest BCUT2D eigenvalue weighted by Crippen LogP contribution is 2.68. The molecular formula is C35H67N3O6S. The molecule has 4 fully saturated rings. The topological polar surface area (TPSA) is 154 Å². The Morgan fingerprint density at radius 1 is 0.956 bits per heavy atom. The van der Waals surface area contributed by atoms with Gasteiger partial charge in [-0.05, 0) is 162 Å². The number of unbranched alkanes of at least 4 members (excludes halogenated alkanes) is 1. The Labute approximate surface area is 274 Å². The van der Waals surface area contributed by atoms with Gasteiger partial charge < -0.3 is 26.6 Å².